The third-order valence-corrected chi connectivity index (χ3v) is 3.41. The molecule has 0 atom stereocenters. The van der Waals surface area contributed by atoms with E-state index in [1.54, 1.807) is 0 Å². The van der Waals surface area contributed by atoms with Crippen molar-refractivity contribution in [2.45, 2.75) is 6.42 Å². The predicted octanol–water partition coefficient (Wildman–Crippen LogP) is 5.02. The van der Waals surface area contributed by atoms with E-state index < -0.39 is 0 Å². The molecule has 0 fully saturated rings. The van der Waals surface area contributed by atoms with Crippen molar-refractivity contribution < 1.29 is 0 Å². The van der Waals surface area contributed by atoms with E-state index in [0.29, 0.717) is 15.1 Å². The fraction of sp³-hybridized carbons (Fsp3) is 0.0833. The molecule has 1 aromatic rings. The Hall–Kier alpha value is -0.430. The second-order valence-corrected chi connectivity index (χ2v) is 4.39. The number of hydrogen-bond donors (Lipinski definition) is 0. The first-order valence-electron chi connectivity index (χ1n) is 4.54. The minimum Gasteiger partial charge on any atom is -0.0837 e. The third-order valence-electron chi connectivity index (χ3n) is 2.23. The van der Waals surface area contributed by atoms with Gasteiger partial charge in [-0.3, -0.25) is 0 Å². The zero-order chi connectivity index (χ0) is 10.8. The molecule has 0 saturated heterocycles. The zero-order valence-corrected chi connectivity index (χ0v) is 10.1. The predicted molar refractivity (Wildman–Crippen MR) is 67.1 cm³/mol. The molecule has 1 radical (unpaired) electrons. The Balaban J connectivity index is 2.52. The highest BCUT2D eigenvalue weighted by Gasteiger charge is 2.16. The first-order chi connectivity index (χ1) is 7.20. The standard InChI is InChI=1S/C12H8Cl3/c13-10-6-2-1-4-8(10)9-5-3-7-11(14)12(9)15/h1-2,4-7H,3H2. The van der Waals surface area contributed by atoms with Gasteiger partial charge in [0, 0.05) is 5.02 Å². The lowest BCUT2D eigenvalue weighted by molar-refractivity contribution is 1.26. The maximum atomic E-state index is 6.13. The van der Waals surface area contributed by atoms with Crippen LogP contribution < -0.4 is 0 Å². The normalized spacial score (nSPS) is 16.6. The van der Waals surface area contributed by atoms with Gasteiger partial charge >= 0.3 is 0 Å². The van der Waals surface area contributed by atoms with Gasteiger partial charge in [-0.2, -0.15) is 0 Å². The molecule has 1 aromatic carbocycles. The Bertz CT molecular complexity index is 444. The van der Waals surface area contributed by atoms with E-state index in [1.165, 1.54) is 0 Å². The van der Waals surface area contributed by atoms with Crippen molar-refractivity contribution in [3.8, 4) is 0 Å². The van der Waals surface area contributed by atoms with Gasteiger partial charge < -0.3 is 0 Å². The molecular formula is C12H8Cl3. The Morgan fingerprint density at radius 2 is 1.73 bits per heavy atom. The van der Waals surface area contributed by atoms with Gasteiger partial charge in [0.2, 0.25) is 0 Å². The molecule has 77 valence electrons. The number of halogens is 3. The molecule has 1 aliphatic carbocycles. The molecule has 0 saturated carbocycles. The first kappa shape index (κ1) is 11.1. The Morgan fingerprint density at radius 1 is 1.00 bits per heavy atom. The molecule has 0 heterocycles. The number of allylic oxidation sites excluding steroid dienone is 4. The Labute approximate surface area is 104 Å². The van der Waals surface area contributed by atoms with E-state index in [2.05, 4.69) is 0 Å². The highest BCUT2D eigenvalue weighted by Crippen LogP contribution is 2.38. The van der Waals surface area contributed by atoms with E-state index in [0.717, 1.165) is 17.6 Å². The fourth-order valence-corrected chi connectivity index (χ4v) is 2.18. The molecule has 0 aliphatic heterocycles. The van der Waals surface area contributed by atoms with Crippen LogP contribution >= 0.6 is 34.8 Å². The summed E-state index contributed by atoms with van der Waals surface area (Å²) in [5.74, 6) is 0. The molecule has 0 aromatic heterocycles. The molecule has 0 bridgehead atoms. The van der Waals surface area contributed by atoms with Gasteiger partial charge in [-0.1, -0.05) is 59.1 Å². The topological polar surface area (TPSA) is 0 Å². The molecule has 0 unspecified atom stereocenters. The smallest absolute Gasteiger partial charge is 0.0630 e. The second-order valence-electron chi connectivity index (χ2n) is 3.20. The third kappa shape index (κ3) is 2.23. The summed E-state index contributed by atoms with van der Waals surface area (Å²) < 4.78 is 0. The average molecular weight is 259 g/mol. The van der Waals surface area contributed by atoms with Gasteiger partial charge in [-0.05, 0) is 30.0 Å². The minimum atomic E-state index is 0.566. The highest BCUT2D eigenvalue weighted by atomic mass is 35.5. The summed E-state index contributed by atoms with van der Waals surface area (Å²) in [4.78, 5) is 0. The van der Waals surface area contributed by atoms with Crippen LogP contribution in [0.1, 0.15) is 12.0 Å². The molecule has 1 aliphatic rings. The second kappa shape index (κ2) is 4.61. The van der Waals surface area contributed by atoms with Crippen LogP contribution in [0.5, 0.6) is 0 Å². The van der Waals surface area contributed by atoms with Crippen molar-refractivity contribution in [2.75, 3.05) is 0 Å². The van der Waals surface area contributed by atoms with Gasteiger partial charge in [0.15, 0.2) is 0 Å². The molecule has 15 heavy (non-hydrogen) atoms. The van der Waals surface area contributed by atoms with Crippen LogP contribution in [0.4, 0.5) is 0 Å². The summed E-state index contributed by atoms with van der Waals surface area (Å²) in [6.45, 7) is 0. The number of hydrogen-bond acceptors (Lipinski definition) is 0. The van der Waals surface area contributed by atoms with Crippen LogP contribution in [-0.2, 0) is 0 Å². The SMILES string of the molecule is ClC1=CC[CH]C(c2ccccc2Cl)=C1Cl. The van der Waals surface area contributed by atoms with Crippen LogP contribution in [0, 0.1) is 6.42 Å². The zero-order valence-electron chi connectivity index (χ0n) is 7.81. The lowest BCUT2D eigenvalue weighted by Gasteiger charge is -2.15. The lowest BCUT2D eigenvalue weighted by Crippen LogP contribution is -1.95. The van der Waals surface area contributed by atoms with Gasteiger partial charge in [-0.15, -0.1) is 0 Å². The Morgan fingerprint density at radius 3 is 2.47 bits per heavy atom. The first-order valence-corrected chi connectivity index (χ1v) is 5.67. The van der Waals surface area contributed by atoms with Gasteiger partial charge in [0.1, 0.15) is 0 Å². The molecule has 0 spiro atoms. The van der Waals surface area contributed by atoms with Crippen molar-refractivity contribution in [1.29, 1.82) is 0 Å². The molecule has 0 nitrogen and oxygen atoms in total. The van der Waals surface area contributed by atoms with E-state index >= 15 is 0 Å². The van der Waals surface area contributed by atoms with Crippen molar-refractivity contribution in [2.24, 2.45) is 0 Å². The van der Waals surface area contributed by atoms with Crippen molar-refractivity contribution >= 4 is 40.4 Å². The average Bonchev–Trinajstić information content (AvgIpc) is 2.23. The van der Waals surface area contributed by atoms with Crippen molar-refractivity contribution in [3.63, 3.8) is 0 Å². The van der Waals surface area contributed by atoms with Crippen LogP contribution in [0.25, 0.3) is 5.57 Å². The summed E-state index contributed by atoms with van der Waals surface area (Å²) in [5, 5.41) is 1.85. The van der Waals surface area contributed by atoms with E-state index in [-0.39, 0.29) is 0 Å². The molecule has 0 amide bonds. The number of rotatable bonds is 1. The summed E-state index contributed by atoms with van der Waals surface area (Å²) in [7, 11) is 0. The van der Waals surface area contributed by atoms with Crippen LogP contribution in [0.15, 0.2) is 40.4 Å². The van der Waals surface area contributed by atoms with Crippen molar-refractivity contribution in [3.05, 3.63) is 57.4 Å². The van der Waals surface area contributed by atoms with Crippen LogP contribution in [-0.4, -0.2) is 0 Å². The van der Waals surface area contributed by atoms with E-state index in [4.69, 9.17) is 34.8 Å². The minimum absolute atomic E-state index is 0.566. The van der Waals surface area contributed by atoms with Gasteiger partial charge in [-0.25, -0.2) is 0 Å². The summed E-state index contributed by atoms with van der Waals surface area (Å²) >= 11 is 18.2. The quantitative estimate of drug-likeness (QED) is 0.663. The maximum absolute atomic E-state index is 6.13. The van der Waals surface area contributed by atoms with Crippen molar-refractivity contribution in [1.82, 2.24) is 0 Å². The largest absolute Gasteiger partial charge is 0.0837 e. The van der Waals surface area contributed by atoms with E-state index in [9.17, 15) is 0 Å². The fourth-order valence-electron chi connectivity index (χ4n) is 1.50. The monoisotopic (exact) mass is 257 g/mol. The van der Waals surface area contributed by atoms with E-state index in [1.807, 2.05) is 36.8 Å². The molecule has 3 heteroatoms. The Kier molecular flexibility index (Phi) is 3.40. The van der Waals surface area contributed by atoms with Crippen LogP contribution in [0.2, 0.25) is 5.02 Å². The highest BCUT2D eigenvalue weighted by molar-refractivity contribution is 6.46. The lowest BCUT2D eigenvalue weighted by atomic mass is 9.97. The maximum Gasteiger partial charge on any atom is 0.0630 e. The summed E-state index contributed by atoms with van der Waals surface area (Å²) in [5.41, 5.74) is 1.84. The molecule has 0 N–H and O–H groups in total. The molecular weight excluding hydrogens is 250 g/mol. The molecule has 2 rings (SSSR count). The van der Waals surface area contributed by atoms with Crippen LogP contribution in [0.3, 0.4) is 0 Å². The number of benzene rings is 1. The summed E-state index contributed by atoms with van der Waals surface area (Å²) in [6.07, 6.45) is 4.69. The van der Waals surface area contributed by atoms with Gasteiger partial charge in [0.25, 0.3) is 0 Å². The summed E-state index contributed by atoms with van der Waals surface area (Å²) in [6, 6.07) is 7.60. The van der Waals surface area contributed by atoms with Gasteiger partial charge in [0.05, 0.1) is 10.1 Å².